The molecule has 0 heterocycles. The fourth-order valence-electron chi connectivity index (χ4n) is 2.22. The molecule has 2 aromatic carbocycles. The minimum atomic E-state index is -0.831. The second-order valence-corrected chi connectivity index (χ2v) is 6.38. The van der Waals surface area contributed by atoms with E-state index in [0.29, 0.717) is 30.0 Å². The van der Waals surface area contributed by atoms with E-state index < -0.39 is 5.97 Å². The third-order valence-electron chi connectivity index (χ3n) is 3.61. The summed E-state index contributed by atoms with van der Waals surface area (Å²) in [6, 6.07) is 12.8. The highest BCUT2D eigenvalue weighted by molar-refractivity contribution is 7.98. The van der Waals surface area contributed by atoms with Crippen molar-refractivity contribution < 1.29 is 19.4 Å². The summed E-state index contributed by atoms with van der Waals surface area (Å²) in [5, 5.41) is 11.5. The van der Waals surface area contributed by atoms with Crippen molar-refractivity contribution in [2.24, 2.45) is 0 Å². The number of rotatable bonds is 8. The van der Waals surface area contributed by atoms with Crippen molar-refractivity contribution in [3.8, 4) is 5.75 Å². The molecule has 2 rings (SSSR count). The molecule has 2 N–H and O–H groups in total. The van der Waals surface area contributed by atoms with Gasteiger partial charge in [-0.15, -0.1) is 11.8 Å². The predicted molar refractivity (Wildman–Crippen MR) is 99.7 cm³/mol. The van der Waals surface area contributed by atoms with Crippen LogP contribution in [0.3, 0.4) is 0 Å². The molecule has 5 nitrogen and oxygen atoms in total. The van der Waals surface area contributed by atoms with Crippen LogP contribution in [0.4, 0.5) is 5.69 Å². The number of carbonyl (C=O) groups is 2. The quantitative estimate of drug-likeness (QED) is 0.545. The number of carbonyl (C=O) groups excluding carboxylic acids is 1. The van der Waals surface area contributed by atoms with E-state index in [1.807, 2.05) is 31.4 Å². The molecule has 0 bridgehead atoms. The summed E-state index contributed by atoms with van der Waals surface area (Å²) in [6.07, 6.45) is 2.52. The molecule has 2 aromatic rings. The van der Waals surface area contributed by atoms with Gasteiger partial charge in [0.05, 0.1) is 6.61 Å². The normalized spacial score (nSPS) is 10.3. The van der Waals surface area contributed by atoms with Crippen molar-refractivity contribution >= 4 is 29.3 Å². The summed E-state index contributed by atoms with van der Waals surface area (Å²) >= 11 is 1.60. The van der Waals surface area contributed by atoms with Crippen LogP contribution in [0.15, 0.2) is 47.4 Å². The van der Waals surface area contributed by atoms with Crippen LogP contribution >= 0.6 is 11.8 Å². The van der Waals surface area contributed by atoms with Gasteiger partial charge in [-0.05, 0) is 61.6 Å². The molecule has 0 saturated carbocycles. The Labute approximate surface area is 151 Å². The molecule has 0 unspecified atom stereocenters. The number of ether oxygens (including phenoxy) is 1. The average molecular weight is 359 g/mol. The highest BCUT2D eigenvalue weighted by Crippen LogP contribution is 2.21. The minimum absolute atomic E-state index is 0.0859. The molecule has 0 spiro atoms. The maximum absolute atomic E-state index is 12.5. The van der Waals surface area contributed by atoms with Gasteiger partial charge in [0, 0.05) is 22.6 Å². The Morgan fingerprint density at radius 3 is 2.52 bits per heavy atom. The fourth-order valence-corrected chi connectivity index (χ4v) is 2.66. The molecule has 132 valence electrons. The lowest BCUT2D eigenvalue weighted by Gasteiger charge is -2.10. The van der Waals surface area contributed by atoms with Crippen LogP contribution < -0.4 is 10.1 Å². The number of thioether (sulfide) groups is 1. The first-order valence-electron chi connectivity index (χ1n) is 7.90. The first-order valence-corrected chi connectivity index (χ1v) is 9.12. The van der Waals surface area contributed by atoms with E-state index in [2.05, 4.69) is 5.32 Å². The Bertz CT molecular complexity index is 744. The third kappa shape index (κ3) is 5.83. The molecule has 0 aliphatic heterocycles. The molecular formula is C19H21NO4S. The lowest BCUT2D eigenvalue weighted by atomic mass is 10.1. The van der Waals surface area contributed by atoms with Gasteiger partial charge in [0.25, 0.3) is 5.91 Å². The molecule has 0 fully saturated rings. The number of aryl methyl sites for hydroxylation is 1. The smallest absolute Gasteiger partial charge is 0.303 e. The van der Waals surface area contributed by atoms with Crippen LogP contribution in [0.25, 0.3) is 0 Å². The van der Waals surface area contributed by atoms with Crippen molar-refractivity contribution in [2.75, 3.05) is 18.2 Å². The summed E-state index contributed by atoms with van der Waals surface area (Å²) in [4.78, 5) is 23.9. The maximum Gasteiger partial charge on any atom is 0.303 e. The molecule has 0 saturated heterocycles. The average Bonchev–Trinajstić information content (AvgIpc) is 2.60. The monoisotopic (exact) mass is 359 g/mol. The Hall–Kier alpha value is -2.47. The van der Waals surface area contributed by atoms with Crippen LogP contribution in [0.5, 0.6) is 5.75 Å². The Balaban J connectivity index is 1.94. The van der Waals surface area contributed by atoms with Gasteiger partial charge in [-0.25, -0.2) is 0 Å². The summed E-state index contributed by atoms with van der Waals surface area (Å²) in [5.41, 5.74) is 2.26. The van der Waals surface area contributed by atoms with Crippen molar-refractivity contribution in [1.29, 1.82) is 0 Å². The Kier molecular flexibility index (Phi) is 6.89. The van der Waals surface area contributed by atoms with E-state index in [1.54, 1.807) is 36.0 Å². The first-order chi connectivity index (χ1) is 12.0. The number of aliphatic carboxylic acids is 1. The minimum Gasteiger partial charge on any atom is -0.494 e. The lowest BCUT2D eigenvalue weighted by Crippen LogP contribution is -2.13. The molecule has 1 amide bonds. The van der Waals surface area contributed by atoms with Gasteiger partial charge in [-0.1, -0.05) is 6.07 Å². The first kappa shape index (κ1) is 18.9. The van der Waals surface area contributed by atoms with Crippen molar-refractivity contribution in [2.45, 2.75) is 24.7 Å². The largest absolute Gasteiger partial charge is 0.494 e. The zero-order valence-electron chi connectivity index (χ0n) is 14.2. The molecule has 0 aliphatic rings. The van der Waals surface area contributed by atoms with E-state index in [9.17, 15) is 9.59 Å². The predicted octanol–water partition coefficient (Wildman–Crippen LogP) is 4.21. The highest BCUT2D eigenvalue weighted by Gasteiger charge is 2.10. The number of amides is 1. The zero-order chi connectivity index (χ0) is 18.2. The van der Waals surface area contributed by atoms with E-state index in [4.69, 9.17) is 9.84 Å². The Morgan fingerprint density at radius 1 is 1.16 bits per heavy atom. The van der Waals surface area contributed by atoms with Gasteiger partial charge in [0.15, 0.2) is 0 Å². The number of benzene rings is 2. The van der Waals surface area contributed by atoms with E-state index in [1.165, 1.54) is 0 Å². The summed E-state index contributed by atoms with van der Waals surface area (Å²) in [7, 11) is 0. The number of hydrogen-bond donors (Lipinski definition) is 2. The molecule has 0 aliphatic carbocycles. The fraction of sp³-hybridized carbons (Fsp3) is 0.263. The SMILES string of the molecule is CSc1ccc(C)c(C(=O)Nc2ccc(OCCCC(=O)O)cc2)c1. The Morgan fingerprint density at radius 2 is 1.88 bits per heavy atom. The molecule has 25 heavy (non-hydrogen) atoms. The van der Waals surface area contributed by atoms with Crippen LogP contribution in [0, 0.1) is 6.92 Å². The highest BCUT2D eigenvalue weighted by atomic mass is 32.2. The second kappa shape index (κ2) is 9.13. The topological polar surface area (TPSA) is 75.6 Å². The van der Waals surface area contributed by atoms with Gasteiger partial charge in [-0.3, -0.25) is 9.59 Å². The van der Waals surface area contributed by atoms with Gasteiger partial charge >= 0.3 is 5.97 Å². The van der Waals surface area contributed by atoms with E-state index >= 15 is 0 Å². The van der Waals surface area contributed by atoms with Crippen LogP contribution in [-0.2, 0) is 4.79 Å². The summed E-state index contributed by atoms with van der Waals surface area (Å²) in [5.74, 6) is -0.338. The molecule has 6 heteroatoms. The van der Waals surface area contributed by atoms with Crippen molar-refractivity contribution in [1.82, 2.24) is 0 Å². The van der Waals surface area contributed by atoms with Crippen molar-refractivity contribution in [3.63, 3.8) is 0 Å². The number of nitrogens with one attached hydrogen (secondary N) is 1. The molecule has 0 aromatic heterocycles. The van der Waals surface area contributed by atoms with Gasteiger partial charge in [-0.2, -0.15) is 0 Å². The van der Waals surface area contributed by atoms with Gasteiger partial charge in [0.2, 0.25) is 0 Å². The number of carboxylic acids is 1. The number of hydrogen-bond acceptors (Lipinski definition) is 4. The van der Waals surface area contributed by atoms with E-state index in [-0.39, 0.29) is 12.3 Å². The van der Waals surface area contributed by atoms with E-state index in [0.717, 1.165) is 10.5 Å². The molecular weight excluding hydrogens is 338 g/mol. The van der Waals surface area contributed by atoms with Gasteiger partial charge in [0.1, 0.15) is 5.75 Å². The van der Waals surface area contributed by atoms with Crippen molar-refractivity contribution in [3.05, 3.63) is 53.6 Å². The van der Waals surface area contributed by atoms with Crippen LogP contribution in [0.2, 0.25) is 0 Å². The second-order valence-electron chi connectivity index (χ2n) is 5.51. The molecule has 0 radical (unpaired) electrons. The number of carboxylic acid groups (broad SMARTS) is 1. The molecule has 0 atom stereocenters. The maximum atomic E-state index is 12.5. The van der Waals surface area contributed by atoms with Gasteiger partial charge < -0.3 is 15.2 Å². The summed E-state index contributed by atoms with van der Waals surface area (Å²) < 4.78 is 5.47. The zero-order valence-corrected chi connectivity index (χ0v) is 15.1. The van der Waals surface area contributed by atoms with Crippen LogP contribution in [0.1, 0.15) is 28.8 Å². The van der Waals surface area contributed by atoms with Crippen LogP contribution in [-0.4, -0.2) is 29.8 Å². The third-order valence-corrected chi connectivity index (χ3v) is 4.33. The number of anilines is 1. The standard InChI is InChI=1S/C19H21NO4S/c1-13-5-10-16(25-2)12-17(13)19(23)20-14-6-8-15(9-7-14)24-11-3-4-18(21)22/h5-10,12H,3-4,11H2,1-2H3,(H,20,23)(H,21,22). The lowest BCUT2D eigenvalue weighted by molar-refractivity contribution is -0.137. The summed E-state index contributed by atoms with van der Waals surface area (Å²) in [6.45, 7) is 2.26.